The van der Waals surface area contributed by atoms with E-state index in [0.29, 0.717) is 17.8 Å². The number of nitro groups is 1. The fraction of sp³-hybridized carbons (Fsp3) is 0.263. The number of ether oxygens (including phenoxy) is 1. The number of benzene rings is 2. The van der Waals surface area contributed by atoms with Gasteiger partial charge in [0.2, 0.25) is 0 Å². The third-order valence-corrected chi connectivity index (χ3v) is 3.41. The van der Waals surface area contributed by atoms with Crippen LogP contribution in [-0.4, -0.2) is 16.5 Å². The molecule has 0 bridgehead atoms. The van der Waals surface area contributed by atoms with Crippen LogP contribution in [0.2, 0.25) is 0 Å². The maximum absolute atomic E-state index is 12.0. The van der Waals surface area contributed by atoms with E-state index >= 15 is 0 Å². The molecule has 0 unspecified atom stereocenters. The number of nitriles is 1. The molecule has 0 heterocycles. The van der Waals surface area contributed by atoms with Crippen molar-refractivity contribution in [1.82, 2.24) is 0 Å². The van der Waals surface area contributed by atoms with Crippen LogP contribution >= 0.6 is 0 Å². The molecule has 1 N–H and O–H groups in total. The predicted octanol–water partition coefficient (Wildman–Crippen LogP) is 4.03. The van der Waals surface area contributed by atoms with E-state index < -0.39 is 10.5 Å². The molecule has 0 aliphatic carbocycles. The third-order valence-electron chi connectivity index (χ3n) is 3.41. The van der Waals surface area contributed by atoms with Crippen LogP contribution in [-0.2, 0) is 11.3 Å². The van der Waals surface area contributed by atoms with Crippen molar-refractivity contribution in [2.45, 2.75) is 32.9 Å². The van der Waals surface area contributed by atoms with E-state index in [-0.39, 0.29) is 17.2 Å². The highest BCUT2D eigenvalue weighted by Gasteiger charge is 2.17. The Kier molecular flexibility index (Phi) is 5.58. The summed E-state index contributed by atoms with van der Waals surface area (Å²) < 4.78 is 5.31. The number of nitro benzene ring substituents is 1. The number of hydrogen-bond acceptors (Lipinski definition) is 6. The first kappa shape index (κ1) is 18.9. The highest BCUT2D eigenvalue weighted by Crippen LogP contribution is 2.22. The molecule has 0 saturated carbocycles. The number of nitrogens with one attached hydrogen (secondary N) is 1. The van der Waals surface area contributed by atoms with E-state index in [0.717, 1.165) is 5.56 Å². The summed E-state index contributed by atoms with van der Waals surface area (Å²) in [6, 6.07) is 12.9. The molecular weight excluding hydrogens is 334 g/mol. The second-order valence-electron chi connectivity index (χ2n) is 6.65. The molecule has 0 aromatic heterocycles. The average molecular weight is 353 g/mol. The lowest BCUT2D eigenvalue weighted by Gasteiger charge is -2.19. The molecule has 0 spiro atoms. The van der Waals surface area contributed by atoms with E-state index in [1.54, 1.807) is 45.0 Å². The van der Waals surface area contributed by atoms with Crippen molar-refractivity contribution in [3.8, 4) is 6.07 Å². The number of non-ortho nitro benzene ring substituents is 1. The topological polar surface area (TPSA) is 105 Å². The first-order valence-electron chi connectivity index (χ1n) is 7.94. The van der Waals surface area contributed by atoms with Gasteiger partial charge in [-0.25, -0.2) is 4.79 Å². The molecule has 0 saturated heterocycles. The maximum atomic E-state index is 12.0. The molecule has 0 radical (unpaired) electrons. The summed E-state index contributed by atoms with van der Waals surface area (Å²) in [6.07, 6.45) is 0. The van der Waals surface area contributed by atoms with Gasteiger partial charge in [-0.2, -0.15) is 5.26 Å². The van der Waals surface area contributed by atoms with Gasteiger partial charge in [-0.3, -0.25) is 10.1 Å². The van der Waals surface area contributed by atoms with Crippen LogP contribution in [0.25, 0.3) is 0 Å². The van der Waals surface area contributed by atoms with Crippen molar-refractivity contribution in [1.29, 1.82) is 5.26 Å². The van der Waals surface area contributed by atoms with E-state index in [1.165, 1.54) is 18.2 Å². The summed E-state index contributed by atoms with van der Waals surface area (Å²) in [5, 5.41) is 23.0. The quantitative estimate of drug-likeness (QED) is 0.494. The van der Waals surface area contributed by atoms with Crippen LogP contribution < -0.4 is 5.32 Å². The maximum Gasteiger partial charge on any atom is 0.338 e. The molecule has 7 nitrogen and oxygen atoms in total. The molecule has 0 aliphatic rings. The molecule has 0 aliphatic heterocycles. The molecule has 7 heteroatoms. The van der Waals surface area contributed by atoms with Crippen LogP contribution in [0.3, 0.4) is 0 Å². The first-order chi connectivity index (χ1) is 12.2. The predicted molar refractivity (Wildman–Crippen MR) is 96.7 cm³/mol. The number of hydrogen-bond donors (Lipinski definition) is 1. The summed E-state index contributed by atoms with van der Waals surface area (Å²) in [4.78, 5) is 22.2. The second-order valence-corrected chi connectivity index (χ2v) is 6.65. The van der Waals surface area contributed by atoms with Crippen LogP contribution in [0.4, 0.5) is 11.4 Å². The van der Waals surface area contributed by atoms with Gasteiger partial charge in [0.15, 0.2) is 0 Å². The second kappa shape index (κ2) is 7.66. The fourth-order valence-corrected chi connectivity index (χ4v) is 2.19. The van der Waals surface area contributed by atoms with Gasteiger partial charge < -0.3 is 10.1 Å². The standard InChI is InChI=1S/C19H19N3O4/c1-19(2,3)26-18(23)14-6-4-13(5-7-14)12-21-17-9-8-16(22(24)25)10-15(17)11-20/h4-10,21H,12H2,1-3H3. The van der Waals surface area contributed by atoms with E-state index in [4.69, 9.17) is 10.00 Å². The van der Waals surface area contributed by atoms with Gasteiger partial charge in [0.1, 0.15) is 11.7 Å². The van der Waals surface area contributed by atoms with Crippen molar-refractivity contribution in [2.24, 2.45) is 0 Å². The highest BCUT2D eigenvalue weighted by molar-refractivity contribution is 5.89. The number of esters is 1. The van der Waals surface area contributed by atoms with Gasteiger partial charge in [0.05, 0.1) is 21.7 Å². The summed E-state index contributed by atoms with van der Waals surface area (Å²) >= 11 is 0. The summed E-state index contributed by atoms with van der Waals surface area (Å²) in [5.41, 5.74) is 1.37. The lowest BCUT2D eigenvalue weighted by molar-refractivity contribution is -0.384. The number of rotatable bonds is 5. The van der Waals surface area contributed by atoms with E-state index in [1.807, 2.05) is 6.07 Å². The molecule has 26 heavy (non-hydrogen) atoms. The zero-order valence-electron chi connectivity index (χ0n) is 14.8. The Balaban J connectivity index is 2.06. The minimum absolute atomic E-state index is 0.131. The molecule has 0 fully saturated rings. The van der Waals surface area contributed by atoms with E-state index in [2.05, 4.69) is 5.32 Å². The Morgan fingerprint density at radius 2 is 1.88 bits per heavy atom. The third kappa shape index (κ3) is 5.05. The Morgan fingerprint density at radius 3 is 2.42 bits per heavy atom. The zero-order valence-corrected chi connectivity index (χ0v) is 14.8. The smallest absolute Gasteiger partial charge is 0.338 e. The van der Waals surface area contributed by atoms with Gasteiger partial charge in [0, 0.05) is 18.7 Å². The molecule has 2 aromatic carbocycles. The van der Waals surface area contributed by atoms with Gasteiger partial charge >= 0.3 is 5.97 Å². The van der Waals surface area contributed by atoms with Gasteiger partial charge in [-0.05, 0) is 44.5 Å². The van der Waals surface area contributed by atoms with Gasteiger partial charge in [-0.1, -0.05) is 12.1 Å². The van der Waals surface area contributed by atoms with Crippen molar-refractivity contribution in [2.75, 3.05) is 5.32 Å². The fourth-order valence-electron chi connectivity index (χ4n) is 2.19. The largest absolute Gasteiger partial charge is 0.456 e. The Hall–Kier alpha value is -3.40. The first-order valence-corrected chi connectivity index (χ1v) is 7.94. The monoisotopic (exact) mass is 353 g/mol. The Labute approximate surface area is 151 Å². The number of carbonyl (C=O) groups excluding carboxylic acids is 1. The number of carbonyl (C=O) groups is 1. The summed E-state index contributed by atoms with van der Waals surface area (Å²) in [5.74, 6) is -0.390. The molecule has 134 valence electrons. The summed E-state index contributed by atoms with van der Waals surface area (Å²) in [7, 11) is 0. The van der Waals surface area contributed by atoms with E-state index in [9.17, 15) is 14.9 Å². The zero-order chi connectivity index (χ0) is 19.3. The van der Waals surface area contributed by atoms with Gasteiger partial charge in [-0.15, -0.1) is 0 Å². The van der Waals surface area contributed by atoms with Crippen LogP contribution in [0.5, 0.6) is 0 Å². The van der Waals surface area contributed by atoms with Crippen LogP contribution in [0, 0.1) is 21.4 Å². The minimum Gasteiger partial charge on any atom is -0.456 e. The Bertz CT molecular complexity index is 862. The number of nitrogens with zero attached hydrogens (tertiary/aromatic N) is 2. The average Bonchev–Trinajstić information content (AvgIpc) is 2.58. The molecule has 0 atom stereocenters. The minimum atomic E-state index is -0.555. The lowest BCUT2D eigenvalue weighted by atomic mass is 10.1. The van der Waals surface area contributed by atoms with Crippen LogP contribution in [0.1, 0.15) is 42.3 Å². The van der Waals surface area contributed by atoms with Gasteiger partial charge in [0.25, 0.3) is 5.69 Å². The van der Waals surface area contributed by atoms with Crippen molar-refractivity contribution >= 4 is 17.3 Å². The van der Waals surface area contributed by atoms with Crippen molar-refractivity contribution in [3.63, 3.8) is 0 Å². The Morgan fingerprint density at radius 1 is 1.23 bits per heavy atom. The number of anilines is 1. The molecule has 2 rings (SSSR count). The normalized spacial score (nSPS) is 10.7. The highest BCUT2D eigenvalue weighted by atomic mass is 16.6. The SMILES string of the molecule is CC(C)(C)OC(=O)c1ccc(CNc2ccc([N+](=O)[O-])cc2C#N)cc1. The summed E-state index contributed by atoms with van der Waals surface area (Å²) in [6.45, 7) is 5.82. The van der Waals surface area contributed by atoms with Crippen LogP contribution in [0.15, 0.2) is 42.5 Å². The molecule has 2 aromatic rings. The molecular formula is C19H19N3O4. The van der Waals surface area contributed by atoms with Crippen molar-refractivity contribution in [3.05, 3.63) is 69.3 Å². The molecule has 0 amide bonds. The lowest BCUT2D eigenvalue weighted by Crippen LogP contribution is -2.23. The van der Waals surface area contributed by atoms with Crippen molar-refractivity contribution < 1.29 is 14.5 Å².